The van der Waals surface area contributed by atoms with Gasteiger partial charge in [-0.3, -0.25) is 9.69 Å². The van der Waals surface area contributed by atoms with Gasteiger partial charge in [0.15, 0.2) is 5.13 Å². The minimum Gasteiger partial charge on any atom is -0.274 e. The average molecular weight is 403 g/mol. The Morgan fingerprint density at radius 3 is 2.73 bits per heavy atom. The molecule has 0 atom stereocenters. The maximum absolute atomic E-state index is 12.2. The number of hydrogen-bond acceptors (Lipinski definition) is 4. The van der Waals surface area contributed by atoms with E-state index in [9.17, 15) is 4.79 Å². The molecule has 3 nitrogen and oxygen atoms in total. The van der Waals surface area contributed by atoms with Crippen LogP contribution in [0.3, 0.4) is 0 Å². The first-order valence-corrected chi connectivity index (χ1v) is 10.4. The van der Waals surface area contributed by atoms with Crippen LogP contribution in [0.1, 0.15) is 23.7 Å². The molecule has 0 bridgehead atoms. The summed E-state index contributed by atoms with van der Waals surface area (Å²) in [5.41, 5.74) is 4.23. The van der Waals surface area contributed by atoms with E-state index in [1.807, 2.05) is 17.5 Å². The Morgan fingerprint density at radius 2 is 2.04 bits per heavy atom. The highest BCUT2D eigenvalue weighted by Crippen LogP contribution is 2.33. The van der Waals surface area contributed by atoms with Gasteiger partial charge in [0.2, 0.25) is 5.91 Å². The highest BCUT2D eigenvalue weighted by atomic mass is 35.5. The predicted octanol–water partition coefficient (Wildman–Crippen LogP) is 6.39. The van der Waals surface area contributed by atoms with Crippen molar-refractivity contribution in [2.45, 2.75) is 31.4 Å². The van der Waals surface area contributed by atoms with Gasteiger partial charge in [-0.2, -0.15) is 0 Å². The van der Waals surface area contributed by atoms with Gasteiger partial charge in [0.1, 0.15) is 0 Å². The third-order valence-electron chi connectivity index (χ3n) is 3.82. The summed E-state index contributed by atoms with van der Waals surface area (Å²) >= 11 is 9.30. The average Bonchev–Trinajstić information content (AvgIpc) is 3.02. The summed E-state index contributed by atoms with van der Waals surface area (Å²) in [5, 5.41) is 3.26. The molecule has 134 valence electrons. The largest absolute Gasteiger partial charge is 0.274 e. The van der Waals surface area contributed by atoms with Crippen LogP contribution in [-0.2, 0) is 10.5 Å². The molecule has 6 heteroatoms. The number of rotatable bonds is 5. The van der Waals surface area contributed by atoms with Crippen LogP contribution in [0.25, 0.3) is 0 Å². The second-order valence-electron chi connectivity index (χ2n) is 6.01. The van der Waals surface area contributed by atoms with Gasteiger partial charge in [0.05, 0.1) is 11.4 Å². The quantitative estimate of drug-likeness (QED) is 0.463. The first kappa shape index (κ1) is 19.0. The number of benzene rings is 2. The number of nitrogens with zero attached hydrogens (tertiary/aromatic N) is 2. The van der Waals surface area contributed by atoms with Crippen LogP contribution in [0, 0.1) is 13.8 Å². The van der Waals surface area contributed by atoms with Crippen LogP contribution in [0.5, 0.6) is 0 Å². The first-order chi connectivity index (χ1) is 12.4. The summed E-state index contributed by atoms with van der Waals surface area (Å²) in [6.07, 6.45) is 0. The molecule has 3 aromatic rings. The van der Waals surface area contributed by atoms with Gasteiger partial charge >= 0.3 is 0 Å². The molecule has 0 saturated carbocycles. The van der Waals surface area contributed by atoms with Crippen molar-refractivity contribution in [1.29, 1.82) is 0 Å². The van der Waals surface area contributed by atoms with Crippen LogP contribution < -0.4 is 4.90 Å². The monoisotopic (exact) mass is 402 g/mol. The van der Waals surface area contributed by atoms with Crippen molar-refractivity contribution in [3.05, 3.63) is 69.7 Å². The number of carbonyl (C=O) groups excluding carboxylic acids is 1. The van der Waals surface area contributed by atoms with Crippen molar-refractivity contribution < 1.29 is 4.79 Å². The summed E-state index contributed by atoms with van der Waals surface area (Å²) < 4.78 is 0. The number of anilines is 2. The summed E-state index contributed by atoms with van der Waals surface area (Å²) in [5.74, 6) is 0.678. The van der Waals surface area contributed by atoms with Gasteiger partial charge in [-0.25, -0.2) is 4.98 Å². The van der Waals surface area contributed by atoms with Gasteiger partial charge in [0.25, 0.3) is 0 Å². The fourth-order valence-electron chi connectivity index (χ4n) is 2.62. The predicted molar refractivity (Wildman–Crippen MR) is 112 cm³/mol. The van der Waals surface area contributed by atoms with Crippen LogP contribution >= 0.6 is 34.7 Å². The normalized spacial score (nSPS) is 10.8. The summed E-state index contributed by atoms with van der Waals surface area (Å²) in [7, 11) is 0. The lowest BCUT2D eigenvalue weighted by molar-refractivity contribution is -0.115. The van der Waals surface area contributed by atoms with Gasteiger partial charge in [-0.15, -0.1) is 23.1 Å². The second-order valence-corrected chi connectivity index (χ2v) is 8.30. The molecule has 0 aliphatic heterocycles. The van der Waals surface area contributed by atoms with E-state index >= 15 is 0 Å². The maximum atomic E-state index is 12.2. The van der Waals surface area contributed by atoms with Crippen molar-refractivity contribution >= 4 is 51.4 Å². The number of halogens is 1. The minimum atomic E-state index is -0.0878. The van der Waals surface area contributed by atoms with Crippen molar-refractivity contribution in [3.8, 4) is 0 Å². The molecule has 1 amide bonds. The van der Waals surface area contributed by atoms with Crippen molar-refractivity contribution in [2.24, 2.45) is 0 Å². The molecule has 0 fully saturated rings. The highest BCUT2D eigenvalue weighted by Gasteiger charge is 2.18. The molecule has 3 rings (SSSR count). The fraction of sp³-hybridized carbons (Fsp3) is 0.200. The number of aryl methyl sites for hydroxylation is 2. The number of amides is 1. The molecule has 0 saturated heterocycles. The van der Waals surface area contributed by atoms with Gasteiger partial charge in [0, 0.05) is 28.0 Å². The second kappa shape index (κ2) is 8.25. The van der Waals surface area contributed by atoms with Gasteiger partial charge < -0.3 is 0 Å². The van der Waals surface area contributed by atoms with E-state index < -0.39 is 0 Å². The lowest BCUT2D eigenvalue weighted by Crippen LogP contribution is -2.22. The van der Waals surface area contributed by atoms with E-state index in [0.717, 1.165) is 17.1 Å². The third-order valence-corrected chi connectivity index (χ3v) is 6.14. The molecule has 1 aromatic heterocycles. The number of thioether (sulfide) groups is 1. The maximum Gasteiger partial charge on any atom is 0.230 e. The van der Waals surface area contributed by atoms with E-state index in [4.69, 9.17) is 11.6 Å². The molecular formula is C20H19ClN2OS2. The zero-order valence-corrected chi connectivity index (χ0v) is 17.2. The van der Waals surface area contributed by atoms with Crippen LogP contribution in [0.15, 0.2) is 52.7 Å². The Balaban J connectivity index is 1.78. The molecule has 26 heavy (non-hydrogen) atoms. The summed E-state index contributed by atoms with van der Waals surface area (Å²) in [6, 6.07) is 13.7. The standard InChI is InChI=1S/C20H19ClN2OS2/c1-13-7-8-19(14(2)9-13)25-11-17-12-26-20(22-17)23(15(3)24)18-6-4-5-16(21)10-18/h4-10,12H,11H2,1-3H3. The Hall–Kier alpha value is -1.82. The van der Waals surface area contributed by atoms with Crippen LogP contribution in [-0.4, -0.2) is 10.9 Å². The number of aromatic nitrogens is 1. The Labute approximate surface area is 167 Å². The Morgan fingerprint density at radius 1 is 1.23 bits per heavy atom. The van der Waals surface area contributed by atoms with E-state index in [1.54, 1.807) is 28.8 Å². The molecule has 0 radical (unpaired) electrons. The molecule has 0 spiro atoms. The Kier molecular flexibility index (Phi) is 6.01. The lowest BCUT2D eigenvalue weighted by atomic mass is 10.2. The van der Waals surface area contributed by atoms with E-state index in [1.165, 1.54) is 34.3 Å². The van der Waals surface area contributed by atoms with E-state index in [2.05, 4.69) is 37.0 Å². The minimum absolute atomic E-state index is 0.0878. The van der Waals surface area contributed by atoms with Crippen LogP contribution in [0.4, 0.5) is 10.8 Å². The van der Waals surface area contributed by atoms with Crippen molar-refractivity contribution in [2.75, 3.05) is 4.90 Å². The Bertz CT molecular complexity index is 939. The summed E-state index contributed by atoms with van der Waals surface area (Å²) in [4.78, 5) is 19.7. The van der Waals surface area contributed by atoms with E-state index in [-0.39, 0.29) is 5.91 Å². The smallest absolute Gasteiger partial charge is 0.230 e. The highest BCUT2D eigenvalue weighted by molar-refractivity contribution is 7.98. The van der Waals surface area contributed by atoms with E-state index in [0.29, 0.717) is 10.2 Å². The number of carbonyl (C=O) groups is 1. The first-order valence-electron chi connectivity index (χ1n) is 8.15. The lowest BCUT2D eigenvalue weighted by Gasteiger charge is -2.18. The molecule has 0 N–H and O–H groups in total. The fourth-order valence-corrected chi connectivity index (χ4v) is 4.70. The zero-order chi connectivity index (χ0) is 18.7. The third kappa shape index (κ3) is 4.47. The van der Waals surface area contributed by atoms with Gasteiger partial charge in [-0.05, 0) is 43.7 Å². The van der Waals surface area contributed by atoms with Crippen molar-refractivity contribution in [1.82, 2.24) is 4.98 Å². The van der Waals surface area contributed by atoms with Crippen molar-refractivity contribution in [3.63, 3.8) is 0 Å². The number of hydrogen-bond donors (Lipinski definition) is 0. The molecule has 0 aliphatic rings. The molecule has 1 heterocycles. The van der Waals surface area contributed by atoms with Crippen LogP contribution in [0.2, 0.25) is 5.02 Å². The summed E-state index contributed by atoms with van der Waals surface area (Å²) in [6.45, 7) is 5.76. The molecular weight excluding hydrogens is 384 g/mol. The number of thiazole rings is 1. The topological polar surface area (TPSA) is 33.2 Å². The molecule has 0 aliphatic carbocycles. The van der Waals surface area contributed by atoms with Gasteiger partial charge in [-0.1, -0.05) is 35.4 Å². The molecule has 2 aromatic carbocycles. The SMILES string of the molecule is CC(=O)N(c1cccc(Cl)c1)c1nc(CSc2ccc(C)cc2C)cs1. The molecule has 0 unspecified atom stereocenters. The zero-order valence-electron chi connectivity index (χ0n) is 14.8.